The number of hydrogen-bond donors (Lipinski definition) is 2. The van der Waals surface area contributed by atoms with Gasteiger partial charge in [0, 0.05) is 16.8 Å². The van der Waals surface area contributed by atoms with Gasteiger partial charge >= 0.3 is 0 Å². The van der Waals surface area contributed by atoms with E-state index >= 15 is 0 Å². The standard InChI is InChI=1S/C15H14ClFN6/c1-8-5-9(2)23(22-8)14-7-13(20-15(18)21-14)19-12-4-3-10(16)6-11(12)17/h3-7H,1-2H3,(H3,18,19,20,21). The Kier molecular flexibility index (Phi) is 3.87. The molecular weight excluding hydrogens is 319 g/mol. The van der Waals surface area contributed by atoms with Crippen LogP contribution in [0.25, 0.3) is 5.82 Å². The van der Waals surface area contributed by atoms with Crippen molar-refractivity contribution >= 4 is 29.1 Å². The smallest absolute Gasteiger partial charge is 0.224 e. The van der Waals surface area contributed by atoms with Crippen molar-refractivity contribution in [2.75, 3.05) is 11.1 Å². The molecule has 118 valence electrons. The lowest BCUT2D eigenvalue weighted by atomic mass is 10.3. The van der Waals surface area contributed by atoms with E-state index in [4.69, 9.17) is 17.3 Å². The van der Waals surface area contributed by atoms with E-state index in [1.165, 1.54) is 12.1 Å². The minimum atomic E-state index is -0.484. The maximum Gasteiger partial charge on any atom is 0.224 e. The fourth-order valence-corrected chi connectivity index (χ4v) is 2.37. The lowest BCUT2D eigenvalue weighted by Gasteiger charge is -2.10. The molecule has 0 amide bonds. The Morgan fingerprint density at radius 1 is 1.17 bits per heavy atom. The van der Waals surface area contributed by atoms with Gasteiger partial charge in [0.1, 0.15) is 11.6 Å². The molecular formula is C15H14ClFN6. The van der Waals surface area contributed by atoms with Crippen LogP contribution < -0.4 is 11.1 Å². The third-order valence-corrected chi connectivity index (χ3v) is 3.39. The highest BCUT2D eigenvalue weighted by Crippen LogP contribution is 2.23. The number of halogens is 2. The Morgan fingerprint density at radius 2 is 1.96 bits per heavy atom. The number of benzene rings is 1. The minimum absolute atomic E-state index is 0.0620. The second kappa shape index (κ2) is 5.85. The van der Waals surface area contributed by atoms with Crippen molar-refractivity contribution < 1.29 is 4.39 Å². The van der Waals surface area contributed by atoms with Crippen LogP contribution in [0.3, 0.4) is 0 Å². The molecule has 2 aromatic heterocycles. The van der Waals surface area contributed by atoms with E-state index in [9.17, 15) is 4.39 Å². The molecule has 0 saturated heterocycles. The van der Waals surface area contributed by atoms with Crippen LogP contribution in [0.2, 0.25) is 5.02 Å². The van der Waals surface area contributed by atoms with Crippen molar-refractivity contribution in [2.24, 2.45) is 0 Å². The summed E-state index contributed by atoms with van der Waals surface area (Å²) < 4.78 is 15.5. The molecule has 0 atom stereocenters. The predicted octanol–water partition coefficient (Wildman–Crippen LogP) is 3.40. The zero-order chi connectivity index (χ0) is 16.6. The van der Waals surface area contributed by atoms with E-state index < -0.39 is 5.82 Å². The number of nitrogens with one attached hydrogen (secondary N) is 1. The van der Waals surface area contributed by atoms with Gasteiger partial charge in [-0.1, -0.05) is 11.6 Å². The summed E-state index contributed by atoms with van der Waals surface area (Å²) >= 11 is 5.75. The van der Waals surface area contributed by atoms with Gasteiger partial charge in [-0.25, -0.2) is 9.07 Å². The largest absolute Gasteiger partial charge is 0.368 e. The first-order chi connectivity index (χ1) is 10.9. The number of nitrogen functional groups attached to an aromatic ring is 1. The molecule has 2 heterocycles. The first-order valence-corrected chi connectivity index (χ1v) is 7.20. The first kappa shape index (κ1) is 15.2. The van der Waals surface area contributed by atoms with Crippen molar-refractivity contribution in [2.45, 2.75) is 13.8 Å². The normalized spacial score (nSPS) is 10.8. The second-order valence-electron chi connectivity index (χ2n) is 5.06. The average Bonchev–Trinajstić information content (AvgIpc) is 2.80. The van der Waals surface area contributed by atoms with Crippen LogP contribution in [0, 0.1) is 19.7 Å². The van der Waals surface area contributed by atoms with Gasteiger partial charge in [-0.2, -0.15) is 15.1 Å². The van der Waals surface area contributed by atoms with Gasteiger partial charge in [-0.3, -0.25) is 0 Å². The predicted molar refractivity (Wildman–Crippen MR) is 87.7 cm³/mol. The van der Waals surface area contributed by atoms with E-state index in [1.54, 1.807) is 16.8 Å². The van der Waals surface area contributed by atoms with Gasteiger partial charge in [0.15, 0.2) is 5.82 Å². The summed E-state index contributed by atoms with van der Waals surface area (Å²) in [5.74, 6) is 0.440. The lowest BCUT2D eigenvalue weighted by Crippen LogP contribution is -2.08. The van der Waals surface area contributed by atoms with Crippen molar-refractivity contribution in [1.29, 1.82) is 0 Å². The molecule has 0 aliphatic heterocycles. The van der Waals surface area contributed by atoms with Gasteiger partial charge in [-0.05, 0) is 38.1 Å². The maximum absolute atomic E-state index is 13.9. The molecule has 0 aliphatic carbocycles. The topological polar surface area (TPSA) is 81.7 Å². The van der Waals surface area contributed by atoms with E-state index in [2.05, 4.69) is 20.4 Å². The Hall–Kier alpha value is -2.67. The highest BCUT2D eigenvalue weighted by atomic mass is 35.5. The first-order valence-electron chi connectivity index (χ1n) is 6.82. The molecule has 3 N–H and O–H groups in total. The monoisotopic (exact) mass is 332 g/mol. The molecule has 0 bridgehead atoms. The zero-order valence-electron chi connectivity index (χ0n) is 12.5. The van der Waals surface area contributed by atoms with Crippen LogP contribution in [0.4, 0.5) is 21.8 Å². The third kappa shape index (κ3) is 3.24. The summed E-state index contributed by atoms with van der Waals surface area (Å²) in [5, 5.41) is 7.54. The quantitative estimate of drug-likeness (QED) is 0.768. The van der Waals surface area contributed by atoms with E-state index in [-0.39, 0.29) is 11.6 Å². The van der Waals surface area contributed by atoms with Crippen molar-refractivity contribution in [1.82, 2.24) is 19.7 Å². The Bertz CT molecular complexity index is 876. The average molecular weight is 333 g/mol. The summed E-state index contributed by atoms with van der Waals surface area (Å²) in [5.41, 5.74) is 7.76. The highest BCUT2D eigenvalue weighted by Gasteiger charge is 2.10. The molecule has 0 saturated carbocycles. The fourth-order valence-electron chi connectivity index (χ4n) is 2.21. The SMILES string of the molecule is Cc1cc(C)n(-c2cc(Nc3ccc(Cl)cc3F)nc(N)n2)n1. The summed E-state index contributed by atoms with van der Waals surface area (Å²) in [4.78, 5) is 8.24. The second-order valence-corrected chi connectivity index (χ2v) is 5.49. The van der Waals surface area contributed by atoms with E-state index in [0.717, 1.165) is 11.4 Å². The number of aromatic nitrogens is 4. The highest BCUT2D eigenvalue weighted by molar-refractivity contribution is 6.30. The van der Waals surface area contributed by atoms with Crippen molar-refractivity contribution in [3.05, 3.63) is 52.6 Å². The van der Waals surface area contributed by atoms with Crippen LogP contribution in [0.15, 0.2) is 30.3 Å². The van der Waals surface area contributed by atoms with E-state index in [0.29, 0.717) is 16.7 Å². The van der Waals surface area contributed by atoms with Gasteiger partial charge in [-0.15, -0.1) is 0 Å². The summed E-state index contributed by atoms with van der Waals surface area (Å²) in [6.07, 6.45) is 0. The molecule has 0 aliphatic rings. The molecule has 3 rings (SSSR count). The Labute approximate surface area is 137 Å². The number of hydrogen-bond acceptors (Lipinski definition) is 5. The fraction of sp³-hybridized carbons (Fsp3) is 0.133. The molecule has 3 aromatic rings. The molecule has 0 unspecified atom stereocenters. The zero-order valence-corrected chi connectivity index (χ0v) is 13.3. The molecule has 6 nitrogen and oxygen atoms in total. The van der Waals surface area contributed by atoms with Gasteiger partial charge in [0.25, 0.3) is 0 Å². The van der Waals surface area contributed by atoms with Crippen LogP contribution in [0.1, 0.15) is 11.4 Å². The third-order valence-electron chi connectivity index (χ3n) is 3.15. The van der Waals surface area contributed by atoms with Gasteiger partial charge in [0.2, 0.25) is 5.95 Å². The molecule has 23 heavy (non-hydrogen) atoms. The number of aryl methyl sites for hydroxylation is 2. The van der Waals surface area contributed by atoms with E-state index in [1.807, 2.05) is 19.9 Å². The van der Waals surface area contributed by atoms with Crippen LogP contribution in [-0.4, -0.2) is 19.7 Å². The van der Waals surface area contributed by atoms with Crippen molar-refractivity contribution in [3.8, 4) is 5.82 Å². The molecule has 0 spiro atoms. The number of rotatable bonds is 3. The summed E-state index contributed by atoms with van der Waals surface area (Å²) in [6.45, 7) is 3.79. The van der Waals surface area contributed by atoms with Crippen LogP contribution in [-0.2, 0) is 0 Å². The van der Waals surface area contributed by atoms with Crippen LogP contribution in [0.5, 0.6) is 0 Å². The van der Waals surface area contributed by atoms with Gasteiger partial charge in [0.05, 0.1) is 11.4 Å². The summed E-state index contributed by atoms with van der Waals surface area (Å²) in [6, 6.07) is 7.89. The lowest BCUT2D eigenvalue weighted by molar-refractivity contribution is 0.632. The molecule has 0 radical (unpaired) electrons. The number of anilines is 3. The van der Waals surface area contributed by atoms with Gasteiger partial charge < -0.3 is 11.1 Å². The molecule has 0 fully saturated rings. The minimum Gasteiger partial charge on any atom is -0.368 e. The van der Waals surface area contributed by atoms with Crippen LogP contribution >= 0.6 is 11.6 Å². The number of nitrogens with zero attached hydrogens (tertiary/aromatic N) is 4. The Morgan fingerprint density at radius 3 is 2.61 bits per heavy atom. The number of nitrogens with two attached hydrogens (primary N) is 1. The Balaban J connectivity index is 1.99. The summed E-state index contributed by atoms with van der Waals surface area (Å²) in [7, 11) is 0. The molecule has 8 heteroatoms. The van der Waals surface area contributed by atoms with Crippen molar-refractivity contribution in [3.63, 3.8) is 0 Å². The maximum atomic E-state index is 13.9. The molecule has 1 aromatic carbocycles.